The second kappa shape index (κ2) is 6.63. The van der Waals surface area contributed by atoms with Gasteiger partial charge in [0, 0.05) is 23.4 Å². The summed E-state index contributed by atoms with van der Waals surface area (Å²) in [5, 5.41) is 0.490. The van der Waals surface area contributed by atoms with Crippen LogP contribution in [0.25, 0.3) is 0 Å². The number of nitrogens with zero attached hydrogens (tertiary/aromatic N) is 3. The number of aromatic nitrogens is 2. The van der Waals surface area contributed by atoms with Crippen molar-refractivity contribution in [3.05, 3.63) is 65.0 Å². The summed E-state index contributed by atoms with van der Waals surface area (Å²) < 4.78 is 40.2. The molecule has 1 aromatic carbocycles. The third kappa shape index (κ3) is 3.54. The number of hydrazine groups is 1. The highest BCUT2D eigenvalue weighted by atomic mass is 19.4. The highest BCUT2D eigenvalue weighted by Gasteiger charge is 2.39. The van der Waals surface area contributed by atoms with E-state index < -0.39 is 41.0 Å². The number of carbonyl (C=O) groups is 3. The van der Waals surface area contributed by atoms with Crippen molar-refractivity contribution in [1.82, 2.24) is 15.0 Å². The van der Waals surface area contributed by atoms with Crippen LogP contribution in [-0.4, -0.2) is 32.6 Å². The molecule has 138 valence electrons. The lowest BCUT2D eigenvalue weighted by molar-refractivity contribution is -0.141. The van der Waals surface area contributed by atoms with Crippen molar-refractivity contribution >= 4 is 23.5 Å². The van der Waals surface area contributed by atoms with Gasteiger partial charge in [0.25, 0.3) is 11.8 Å². The molecule has 1 aliphatic heterocycles. The summed E-state index contributed by atoms with van der Waals surface area (Å²) in [4.78, 5) is 42.8. The molecule has 3 rings (SSSR count). The Labute approximate surface area is 150 Å². The maximum Gasteiger partial charge on any atom is 0.434 e. The van der Waals surface area contributed by atoms with E-state index in [-0.39, 0.29) is 11.1 Å². The van der Waals surface area contributed by atoms with Gasteiger partial charge in [-0.15, -0.1) is 0 Å². The Balaban J connectivity index is 1.97. The first-order chi connectivity index (χ1) is 12.7. The summed E-state index contributed by atoms with van der Waals surface area (Å²) in [7, 11) is 0. The van der Waals surface area contributed by atoms with E-state index in [2.05, 4.69) is 15.4 Å². The van der Waals surface area contributed by atoms with Crippen molar-refractivity contribution in [3.8, 4) is 0 Å². The SMILES string of the molecule is CC1=CC(=O)N(Nc2ncc(C(=O)c3ccccc3)c(C(F)(F)F)n2)C1=O. The van der Waals surface area contributed by atoms with Gasteiger partial charge in [0.15, 0.2) is 11.5 Å². The Morgan fingerprint density at radius 2 is 1.81 bits per heavy atom. The molecular formula is C17H11F3N4O3. The number of imide groups is 1. The number of hydrogen-bond donors (Lipinski definition) is 1. The smallest absolute Gasteiger partial charge is 0.288 e. The van der Waals surface area contributed by atoms with Gasteiger partial charge in [-0.1, -0.05) is 30.3 Å². The molecule has 2 aromatic rings. The molecule has 2 heterocycles. The number of carbonyl (C=O) groups excluding carboxylic acids is 3. The number of anilines is 1. The molecule has 0 bridgehead atoms. The first-order valence-corrected chi connectivity index (χ1v) is 7.56. The van der Waals surface area contributed by atoms with Gasteiger partial charge in [-0.2, -0.15) is 18.2 Å². The molecular weight excluding hydrogens is 365 g/mol. The van der Waals surface area contributed by atoms with Crippen LogP contribution < -0.4 is 5.43 Å². The standard InChI is InChI=1S/C17H11F3N4O3/c1-9-7-12(25)24(15(9)27)23-16-21-8-11(14(22-16)17(18,19)20)13(26)10-5-3-2-4-6-10/h2-8H,1H3,(H,21,22,23). The molecule has 27 heavy (non-hydrogen) atoms. The van der Waals surface area contributed by atoms with E-state index in [0.29, 0.717) is 11.2 Å². The van der Waals surface area contributed by atoms with Crippen LogP contribution in [0.4, 0.5) is 19.1 Å². The number of ketones is 1. The topological polar surface area (TPSA) is 92.3 Å². The van der Waals surface area contributed by atoms with Crippen molar-refractivity contribution in [2.75, 3.05) is 5.43 Å². The van der Waals surface area contributed by atoms with Gasteiger partial charge in [-0.25, -0.2) is 9.97 Å². The normalized spacial score (nSPS) is 14.4. The zero-order valence-electron chi connectivity index (χ0n) is 13.7. The molecule has 10 heteroatoms. The first-order valence-electron chi connectivity index (χ1n) is 7.56. The van der Waals surface area contributed by atoms with Gasteiger partial charge in [0.05, 0.1) is 5.56 Å². The average molecular weight is 376 g/mol. The fourth-order valence-electron chi connectivity index (χ4n) is 2.36. The second-order valence-corrected chi connectivity index (χ2v) is 5.57. The molecule has 0 aliphatic carbocycles. The molecule has 0 saturated heterocycles. The molecule has 1 aromatic heterocycles. The monoisotopic (exact) mass is 376 g/mol. The maximum atomic E-state index is 13.4. The quantitative estimate of drug-likeness (QED) is 0.651. The number of halogens is 3. The van der Waals surface area contributed by atoms with Crippen LogP contribution in [0.15, 0.2) is 48.2 Å². The summed E-state index contributed by atoms with van der Waals surface area (Å²) >= 11 is 0. The van der Waals surface area contributed by atoms with Gasteiger partial charge in [0.1, 0.15) is 0 Å². The van der Waals surface area contributed by atoms with Crippen LogP contribution in [0.5, 0.6) is 0 Å². The average Bonchev–Trinajstić information content (AvgIpc) is 2.87. The summed E-state index contributed by atoms with van der Waals surface area (Å²) in [6.07, 6.45) is -3.22. The maximum absolute atomic E-state index is 13.4. The van der Waals surface area contributed by atoms with Crippen LogP contribution in [0.2, 0.25) is 0 Å². The number of nitrogens with one attached hydrogen (secondary N) is 1. The molecule has 0 radical (unpaired) electrons. The molecule has 1 aliphatic rings. The number of hydrogen-bond acceptors (Lipinski definition) is 6. The van der Waals surface area contributed by atoms with Gasteiger partial charge in [-0.05, 0) is 6.92 Å². The van der Waals surface area contributed by atoms with E-state index in [4.69, 9.17) is 0 Å². The molecule has 0 spiro atoms. The van der Waals surface area contributed by atoms with Crippen LogP contribution in [0.1, 0.15) is 28.5 Å². The Morgan fingerprint density at radius 1 is 1.15 bits per heavy atom. The summed E-state index contributed by atoms with van der Waals surface area (Å²) in [5.41, 5.74) is 0.0700. The van der Waals surface area contributed by atoms with E-state index in [1.54, 1.807) is 6.07 Å². The van der Waals surface area contributed by atoms with Crippen molar-refractivity contribution in [1.29, 1.82) is 0 Å². The van der Waals surface area contributed by atoms with Crippen molar-refractivity contribution in [3.63, 3.8) is 0 Å². The van der Waals surface area contributed by atoms with Gasteiger partial charge in [0.2, 0.25) is 5.95 Å². The predicted molar refractivity (Wildman–Crippen MR) is 86.1 cm³/mol. The molecule has 0 saturated carbocycles. The van der Waals surface area contributed by atoms with E-state index in [1.165, 1.54) is 31.2 Å². The van der Waals surface area contributed by atoms with Crippen LogP contribution >= 0.6 is 0 Å². The highest BCUT2D eigenvalue weighted by Crippen LogP contribution is 2.32. The Kier molecular flexibility index (Phi) is 4.48. The van der Waals surface area contributed by atoms with Crippen LogP contribution in [0.3, 0.4) is 0 Å². The van der Waals surface area contributed by atoms with Crippen molar-refractivity contribution in [2.45, 2.75) is 13.1 Å². The lowest BCUT2D eigenvalue weighted by Crippen LogP contribution is -2.37. The zero-order chi connectivity index (χ0) is 19.8. The Morgan fingerprint density at radius 3 is 2.37 bits per heavy atom. The molecule has 0 fully saturated rings. The lowest BCUT2D eigenvalue weighted by Gasteiger charge is -2.17. The molecule has 0 atom stereocenters. The molecule has 0 unspecified atom stereocenters. The largest absolute Gasteiger partial charge is 0.434 e. The highest BCUT2D eigenvalue weighted by molar-refractivity contribution is 6.16. The van der Waals surface area contributed by atoms with Crippen LogP contribution in [-0.2, 0) is 15.8 Å². The number of amides is 2. The Bertz CT molecular complexity index is 971. The summed E-state index contributed by atoms with van der Waals surface area (Å²) in [6, 6.07) is 7.37. The van der Waals surface area contributed by atoms with E-state index in [0.717, 1.165) is 6.08 Å². The minimum Gasteiger partial charge on any atom is -0.288 e. The van der Waals surface area contributed by atoms with Crippen molar-refractivity contribution in [2.24, 2.45) is 0 Å². The van der Waals surface area contributed by atoms with Crippen molar-refractivity contribution < 1.29 is 27.6 Å². The number of rotatable bonds is 4. The molecule has 1 N–H and O–H groups in total. The third-order valence-corrected chi connectivity index (χ3v) is 3.65. The minimum atomic E-state index is -4.95. The summed E-state index contributed by atoms with van der Waals surface area (Å²) in [5.74, 6) is -3.04. The molecule has 2 amide bonds. The third-order valence-electron chi connectivity index (χ3n) is 3.65. The predicted octanol–water partition coefficient (Wildman–Crippen LogP) is 2.37. The second-order valence-electron chi connectivity index (χ2n) is 5.57. The van der Waals surface area contributed by atoms with Gasteiger partial charge in [-0.3, -0.25) is 19.8 Å². The lowest BCUT2D eigenvalue weighted by atomic mass is 10.0. The Hall–Kier alpha value is -3.56. The van der Waals surface area contributed by atoms with Gasteiger partial charge >= 0.3 is 6.18 Å². The summed E-state index contributed by atoms with van der Waals surface area (Å²) in [6.45, 7) is 1.38. The number of alkyl halides is 3. The fraction of sp³-hybridized carbons (Fsp3) is 0.118. The molecule has 7 nitrogen and oxygen atoms in total. The van der Waals surface area contributed by atoms with E-state index in [9.17, 15) is 27.6 Å². The minimum absolute atomic E-state index is 0.0389. The first kappa shape index (κ1) is 18.2. The van der Waals surface area contributed by atoms with Gasteiger partial charge < -0.3 is 0 Å². The number of benzene rings is 1. The van der Waals surface area contributed by atoms with Crippen LogP contribution in [0, 0.1) is 0 Å². The van der Waals surface area contributed by atoms with E-state index in [1.807, 2.05) is 0 Å². The van der Waals surface area contributed by atoms with E-state index >= 15 is 0 Å². The fourth-order valence-corrected chi connectivity index (χ4v) is 2.36. The zero-order valence-corrected chi connectivity index (χ0v) is 13.7.